The van der Waals surface area contributed by atoms with Crippen molar-refractivity contribution in [1.29, 1.82) is 0 Å². The number of carbonyl (C=O) groups is 1. The van der Waals surface area contributed by atoms with Gasteiger partial charge in [0.05, 0.1) is 11.6 Å². The summed E-state index contributed by atoms with van der Waals surface area (Å²) in [6.07, 6.45) is 0.123. The number of carbonyl (C=O) groups excluding carboxylic acids is 1. The number of hydrogen-bond acceptors (Lipinski definition) is 6. The summed E-state index contributed by atoms with van der Waals surface area (Å²) in [5.74, 6) is -0.0182. The first-order chi connectivity index (χ1) is 12.0. The van der Waals surface area contributed by atoms with Crippen LogP contribution < -0.4 is 0 Å². The first-order valence-corrected chi connectivity index (χ1v) is 8.73. The van der Waals surface area contributed by atoms with Gasteiger partial charge in [-0.25, -0.2) is 9.37 Å². The molecule has 6 nitrogen and oxygen atoms in total. The third-order valence-corrected chi connectivity index (χ3v) is 4.96. The van der Waals surface area contributed by atoms with Gasteiger partial charge in [0.1, 0.15) is 5.69 Å². The van der Waals surface area contributed by atoms with E-state index in [-0.39, 0.29) is 31.3 Å². The molecule has 1 saturated heterocycles. The quantitative estimate of drug-likeness (QED) is 0.719. The molecule has 0 aliphatic carbocycles. The molecule has 1 amide bonds. The van der Waals surface area contributed by atoms with Gasteiger partial charge in [0.25, 0.3) is 11.8 Å². The third kappa shape index (κ3) is 2.93. The van der Waals surface area contributed by atoms with E-state index >= 15 is 4.39 Å². The van der Waals surface area contributed by atoms with E-state index in [0.29, 0.717) is 11.5 Å². The number of aromatic nitrogens is 3. The molecule has 3 aromatic rings. The zero-order valence-corrected chi connectivity index (χ0v) is 14.3. The summed E-state index contributed by atoms with van der Waals surface area (Å²) in [4.78, 5) is 22.3. The van der Waals surface area contributed by atoms with Crippen molar-refractivity contribution in [3.63, 3.8) is 0 Å². The molecule has 0 N–H and O–H groups in total. The van der Waals surface area contributed by atoms with Crippen LogP contribution in [0.25, 0.3) is 11.4 Å². The van der Waals surface area contributed by atoms with Gasteiger partial charge in [-0.15, -0.1) is 11.3 Å². The minimum absolute atomic E-state index is 0.0869. The molecule has 1 aromatic carbocycles. The lowest BCUT2D eigenvalue weighted by Gasteiger charge is -2.17. The van der Waals surface area contributed by atoms with Gasteiger partial charge in [-0.3, -0.25) is 4.79 Å². The highest BCUT2D eigenvalue weighted by Crippen LogP contribution is 2.36. The maximum absolute atomic E-state index is 15.3. The van der Waals surface area contributed by atoms with Gasteiger partial charge in [0, 0.05) is 23.9 Å². The van der Waals surface area contributed by atoms with Crippen LogP contribution in [0.2, 0.25) is 0 Å². The minimum Gasteiger partial charge on any atom is -0.335 e. The number of amides is 1. The van der Waals surface area contributed by atoms with E-state index < -0.39 is 5.67 Å². The van der Waals surface area contributed by atoms with E-state index in [1.165, 1.54) is 16.2 Å². The fourth-order valence-corrected chi connectivity index (χ4v) is 3.44. The minimum atomic E-state index is -1.83. The molecule has 2 aromatic heterocycles. The van der Waals surface area contributed by atoms with Gasteiger partial charge in [-0.2, -0.15) is 4.98 Å². The Morgan fingerprint density at radius 2 is 2.12 bits per heavy atom. The summed E-state index contributed by atoms with van der Waals surface area (Å²) in [5, 5.41) is 6.36. The lowest BCUT2D eigenvalue weighted by Crippen LogP contribution is -2.32. The number of hydrogen-bond donors (Lipinski definition) is 0. The summed E-state index contributed by atoms with van der Waals surface area (Å²) in [5.41, 5.74) is -0.729. The Kier molecular flexibility index (Phi) is 3.84. The third-order valence-electron chi connectivity index (χ3n) is 4.19. The van der Waals surface area contributed by atoms with E-state index in [4.69, 9.17) is 4.52 Å². The van der Waals surface area contributed by atoms with Gasteiger partial charge >= 0.3 is 0 Å². The van der Waals surface area contributed by atoms with Crippen LogP contribution in [0.3, 0.4) is 0 Å². The van der Waals surface area contributed by atoms with E-state index in [2.05, 4.69) is 15.1 Å². The molecule has 4 rings (SSSR count). The number of nitrogens with zero attached hydrogens (tertiary/aromatic N) is 4. The highest BCUT2D eigenvalue weighted by atomic mass is 32.1. The zero-order valence-electron chi connectivity index (χ0n) is 13.5. The van der Waals surface area contributed by atoms with Gasteiger partial charge in [-0.1, -0.05) is 35.5 Å². The Hall–Kier alpha value is -2.61. The highest BCUT2D eigenvalue weighted by Gasteiger charge is 2.46. The summed E-state index contributed by atoms with van der Waals surface area (Å²) in [6, 6.07) is 9.23. The maximum atomic E-state index is 15.3. The Morgan fingerprint density at radius 3 is 2.84 bits per heavy atom. The molecule has 128 valence electrons. The summed E-state index contributed by atoms with van der Waals surface area (Å²) < 4.78 is 20.5. The van der Waals surface area contributed by atoms with Gasteiger partial charge in [0.15, 0.2) is 0 Å². The van der Waals surface area contributed by atoms with Crippen molar-refractivity contribution in [3.8, 4) is 11.4 Å². The van der Waals surface area contributed by atoms with Crippen molar-refractivity contribution >= 4 is 17.2 Å². The topological polar surface area (TPSA) is 72.1 Å². The van der Waals surface area contributed by atoms with E-state index in [0.717, 1.165) is 10.6 Å². The van der Waals surface area contributed by atoms with Gasteiger partial charge in [0.2, 0.25) is 11.5 Å². The zero-order chi connectivity index (χ0) is 17.4. The molecule has 1 aliphatic heterocycles. The van der Waals surface area contributed by atoms with Crippen LogP contribution in [0, 0.1) is 6.92 Å². The number of halogens is 1. The largest absolute Gasteiger partial charge is 0.335 e. The van der Waals surface area contributed by atoms with E-state index in [1.807, 2.05) is 37.3 Å². The molecule has 1 aliphatic rings. The van der Waals surface area contributed by atoms with Crippen molar-refractivity contribution in [2.45, 2.75) is 19.0 Å². The standard InChI is InChI=1S/C17H15FN4O2S/c1-11-19-13(9-25-11)15(23)22-8-7-17(18,10-22)16-20-14(21-24-16)12-5-3-2-4-6-12/h2-6,9H,7-8,10H2,1H3. The number of likely N-dealkylation sites (tertiary alicyclic amines) is 1. The maximum Gasteiger partial charge on any atom is 0.273 e. The molecule has 1 fully saturated rings. The average Bonchev–Trinajstić information content (AvgIpc) is 3.35. The molecule has 0 saturated carbocycles. The van der Waals surface area contributed by atoms with Crippen molar-refractivity contribution in [1.82, 2.24) is 20.0 Å². The van der Waals surface area contributed by atoms with E-state index in [9.17, 15) is 4.79 Å². The Labute approximate surface area is 147 Å². The van der Waals surface area contributed by atoms with Crippen LogP contribution in [-0.2, 0) is 5.67 Å². The van der Waals surface area contributed by atoms with Crippen molar-refractivity contribution in [3.05, 3.63) is 52.3 Å². The molecule has 0 spiro atoms. The normalized spacial score (nSPS) is 20.2. The fourth-order valence-electron chi connectivity index (χ4n) is 2.85. The predicted octanol–water partition coefficient (Wildman–Crippen LogP) is 3.21. The lowest BCUT2D eigenvalue weighted by molar-refractivity contribution is 0.0712. The SMILES string of the molecule is Cc1nc(C(=O)N2CCC(F)(c3nc(-c4ccccc4)no3)C2)cs1. The number of thiazole rings is 1. The Morgan fingerprint density at radius 1 is 1.32 bits per heavy atom. The molecule has 1 unspecified atom stereocenters. The van der Waals surface area contributed by atoms with Crippen LogP contribution in [-0.4, -0.2) is 39.0 Å². The summed E-state index contributed by atoms with van der Waals surface area (Å²) >= 11 is 1.40. The van der Waals surface area contributed by atoms with Crippen molar-refractivity contribution < 1.29 is 13.7 Å². The Bertz CT molecular complexity index is 910. The molecule has 0 bridgehead atoms. The van der Waals surface area contributed by atoms with Gasteiger partial charge in [-0.05, 0) is 6.92 Å². The second kappa shape index (κ2) is 6.03. The number of alkyl halides is 1. The highest BCUT2D eigenvalue weighted by molar-refractivity contribution is 7.09. The molecule has 25 heavy (non-hydrogen) atoms. The summed E-state index contributed by atoms with van der Waals surface area (Å²) in [7, 11) is 0. The number of benzene rings is 1. The van der Waals surface area contributed by atoms with Crippen LogP contribution in [0.4, 0.5) is 4.39 Å². The lowest BCUT2D eigenvalue weighted by atomic mass is 10.1. The Balaban J connectivity index is 1.54. The molecule has 1 atom stereocenters. The fraction of sp³-hybridized carbons (Fsp3) is 0.294. The molecule has 8 heteroatoms. The second-order valence-corrected chi connectivity index (χ2v) is 7.05. The van der Waals surface area contributed by atoms with Crippen molar-refractivity contribution in [2.75, 3.05) is 13.1 Å². The van der Waals surface area contributed by atoms with Crippen LogP contribution >= 0.6 is 11.3 Å². The van der Waals surface area contributed by atoms with Crippen LogP contribution in [0.5, 0.6) is 0 Å². The average molecular weight is 358 g/mol. The number of aryl methyl sites for hydroxylation is 1. The van der Waals surface area contributed by atoms with E-state index in [1.54, 1.807) is 5.38 Å². The monoisotopic (exact) mass is 358 g/mol. The first kappa shape index (κ1) is 15.9. The molecular weight excluding hydrogens is 343 g/mol. The molecule has 3 heterocycles. The predicted molar refractivity (Wildman–Crippen MR) is 89.9 cm³/mol. The summed E-state index contributed by atoms with van der Waals surface area (Å²) in [6.45, 7) is 2.00. The van der Waals surface area contributed by atoms with Crippen LogP contribution in [0.15, 0.2) is 40.2 Å². The molecule has 0 radical (unpaired) electrons. The smallest absolute Gasteiger partial charge is 0.273 e. The molecular formula is C17H15FN4O2S. The van der Waals surface area contributed by atoms with Crippen LogP contribution in [0.1, 0.15) is 27.8 Å². The van der Waals surface area contributed by atoms with Gasteiger partial charge < -0.3 is 9.42 Å². The first-order valence-electron chi connectivity index (χ1n) is 7.85. The number of rotatable bonds is 3. The van der Waals surface area contributed by atoms with Crippen molar-refractivity contribution in [2.24, 2.45) is 0 Å². The second-order valence-electron chi connectivity index (χ2n) is 5.98.